The molecule has 1 fully saturated rings. The Morgan fingerprint density at radius 1 is 1.22 bits per heavy atom. The van der Waals surface area contributed by atoms with Gasteiger partial charge in [-0.3, -0.25) is 9.59 Å². The van der Waals surface area contributed by atoms with E-state index in [4.69, 9.17) is 21.3 Å². The van der Waals surface area contributed by atoms with Crippen LogP contribution in [-0.4, -0.2) is 75.8 Å². The molecule has 0 spiro atoms. The van der Waals surface area contributed by atoms with Crippen molar-refractivity contribution in [1.29, 1.82) is 0 Å². The first-order valence-corrected chi connectivity index (χ1v) is 12.7. The summed E-state index contributed by atoms with van der Waals surface area (Å²) < 4.78 is 8.21. The average molecular weight is 529 g/mol. The highest BCUT2D eigenvalue weighted by Gasteiger charge is 2.24. The molecule has 36 heavy (non-hydrogen) atoms. The molecule has 12 heteroatoms. The van der Waals surface area contributed by atoms with E-state index in [-0.39, 0.29) is 18.4 Å². The summed E-state index contributed by atoms with van der Waals surface area (Å²) in [6.07, 6.45) is 0.0621. The van der Waals surface area contributed by atoms with Crippen LogP contribution in [0.3, 0.4) is 0 Å². The number of amides is 2. The molecule has 2 amide bonds. The van der Waals surface area contributed by atoms with Gasteiger partial charge in [0.1, 0.15) is 0 Å². The molecule has 1 atom stereocenters. The Kier molecular flexibility index (Phi) is 7.06. The second-order valence-corrected chi connectivity index (χ2v) is 9.97. The summed E-state index contributed by atoms with van der Waals surface area (Å²) in [7, 11) is 1.64. The highest BCUT2D eigenvalue weighted by atomic mass is 35.5. The number of aliphatic hydroxyl groups is 1. The number of rotatable bonds is 8. The van der Waals surface area contributed by atoms with Crippen molar-refractivity contribution in [3.8, 4) is 0 Å². The first kappa shape index (κ1) is 24.4. The third-order valence-electron chi connectivity index (χ3n) is 6.01. The van der Waals surface area contributed by atoms with Crippen molar-refractivity contribution in [2.75, 3.05) is 38.7 Å². The standard InChI is InChI=1S/C24H25ClN6O4S/c1-35-9-8-31-19-5-2-14(22(34)26-12-21(33)30-7-6-16(32)13-30)10-18(19)27-23(31)29-24-28-17-4-3-15(25)11-20(17)36-24/h2-5,10-11,16,32H,6-9,12-13H2,1H3,(H,26,34)(H,27,28,29)/t16-/m1/s1. The predicted molar refractivity (Wildman–Crippen MR) is 139 cm³/mol. The molecule has 0 radical (unpaired) electrons. The van der Waals surface area contributed by atoms with E-state index in [9.17, 15) is 14.7 Å². The van der Waals surface area contributed by atoms with Gasteiger partial charge >= 0.3 is 0 Å². The highest BCUT2D eigenvalue weighted by Crippen LogP contribution is 2.31. The maximum atomic E-state index is 12.7. The van der Waals surface area contributed by atoms with E-state index in [1.165, 1.54) is 11.3 Å². The highest BCUT2D eigenvalue weighted by molar-refractivity contribution is 7.22. The molecule has 0 aliphatic carbocycles. The van der Waals surface area contributed by atoms with Crippen molar-refractivity contribution in [2.45, 2.75) is 19.1 Å². The first-order valence-electron chi connectivity index (χ1n) is 11.5. The Hall–Kier alpha value is -3.25. The number of hydrogen-bond donors (Lipinski definition) is 3. The van der Waals surface area contributed by atoms with Gasteiger partial charge in [0.2, 0.25) is 11.9 Å². The first-order chi connectivity index (χ1) is 17.4. The van der Waals surface area contributed by atoms with Crippen LogP contribution in [0.2, 0.25) is 5.02 Å². The lowest BCUT2D eigenvalue weighted by molar-refractivity contribution is -0.129. The van der Waals surface area contributed by atoms with E-state index in [0.29, 0.717) is 59.8 Å². The Balaban J connectivity index is 1.36. The molecule has 0 bridgehead atoms. The molecule has 1 aliphatic rings. The number of imidazole rings is 1. The summed E-state index contributed by atoms with van der Waals surface area (Å²) in [5.41, 5.74) is 2.69. The number of anilines is 2. The average Bonchev–Trinajstić information content (AvgIpc) is 3.56. The summed E-state index contributed by atoms with van der Waals surface area (Å²) in [6, 6.07) is 10.8. The molecule has 3 heterocycles. The number of β-amino-alcohol motifs (C(OH)–C–C–N with tert-alkyl or cyclic N) is 1. The molecule has 4 aromatic rings. The lowest BCUT2D eigenvalue weighted by Gasteiger charge is -2.15. The van der Waals surface area contributed by atoms with Crippen LogP contribution in [0.4, 0.5) is 11.1 Å². The Labute approximate surface area is 215 Å². The number of ether oxygens (including phenoxy) is 1. The molecular weight excluding hydrogens is 504 g/mol. The van der Waals surface area contributed by atoms with E-state index in [0.717, 1.165) is 15.7 Å². The van der Waals surface area contributed by atoms with Gasteiger partial charge < -0.3 is 29.9 Å². The van der Waals surface area contributed by atoms with Crippen LogP contribution in [0.25, 0.3) is 21.3 Å². The fourth-order valence-electron chi connectivity index (χ4n) is 4.16. The smallest absolute Gasteiger partial charge is 0.251 e. The molecule has 10 nitrogen and oxygen atoms in total. The summed E-state index contributed by atoms with van der Waals surface area (Å²) in [6.45, 7) is 1.70. The van der Waals surface area contributed by atoms with E-state index in [1.807, 2.05) is 22.8 Å². The molecule has 0 saturated carbocycles. The largest absolute Gasteiger partial charge is 0.391 e. The maximum absolute atomic E-state index is 12.7. The SMILES string of the molecule is COCCn1c(Nc2nc3ccc(Cl)cc3s2)nc2cc(C(=O)NCC(=O)N3CC[C@@H](O)C3)ccc21. The number of nitrogens with zero attached hydrogens (tertiary/aromatic N) is 4. The van der Waals surface area contributed by atoms with Crippen molar-refractivity contribution >= 4 is 67.1 Å². The fourth-order valence-corrected chi connectivity index (χ4v) is 5.30. The quantitative estimate of drug-likeness (QED) is 0.321. The van der Waals surface area contributed by atoms with Crippen molar-refractivity contribution < 1.29 is 19.4 Å². The summed E-state index contributed by atoms with van der Waals surface area (Å²) in [5.74, 6) is -0.00467. The van der Waals surface area contributed by atoms with Crippen molar-refractivity contribution in [1.82, 2.24) is 24.8 Å². The van der Waals surface area contributed by atoms with Crippen LogP contribution in [0.15, 0.2) is 36.4 Å². The number of aliphatic hydroxyl groups excluding tert-OH is 1. The number of benzene rings is 2. The second kappa shape index (κ2) is 10.4. The number of carbonyl (C=O) groups excluding carboxylic acids is 2. The van der Waals surface area contributed by atoms with Crippen LogP contribution >= 0.6 is 22.9 Å². The molecular formula is C24H25ClN6O4S. The zero-order chi connectivity index (χ0) is 25.2. The van der Waals surface area contributed by atoms with Crippen molar-refractivity contribution in [3.63, 3.8) is 0 Å². The van der Waals surface area contributed by atoms with Gasteiger partial charge in [0.15, 0.2) is 5.13 Å². The fraction of sp³-hybridized carbons (Fsp3) is 0.333. The molecule has 1 saturated heterocycles. The molecule has 3 N–H and O–H groups in total. The number of nitrogens with one attached hydrogen (secondary N) is 2. The van der Waals surface area contributed by atoms with Gasteiger partial charge in [-0.15, -0.1) is 0 Å². The number of carbonyl (C=O) groups is 2. The zero-order valence-electron chi connectivity index (χ0n) is 19.5. The van der Waals surface area contributed by atoms with Crippen LogP contribution in [0, 0.1) is 0 Å². The summed E-state index contributed by atoms with van der Waals surface area (Å²) >= 11 is 7.58. The van der Waals surface area contributed by atoms with Crippen molar-refractivity contribution in [3.05, 3.63) is 47.0 Å². The third-order valence-corrected chi connectivity index (χ3v) is 7.18. The van der Waals surface area contributed by atoms with E-state index >= 15 is 0 Å². The van der Waals surface area contributed by atoms with Crippen molar-refractivity contribution in [2.24, 2.45) is 0 Å². The van der Waals surface area contributed by atoms with Crippen LogP contribution in [-0.2, 0) is 16.1 Å². The van der Waals surface area contributed by atoms with Crippen LogP contribution in [0.5, 0.6) is 0 Å². The number of hydrogen-bond acceptors (Lipinski definition) is 8. The summed E-state index contributed by atoms with van der Waals surface area (Å²) in [5, 5.41) is 16.9. The lowest BCUT2D eigenvalue weighted by atomic mass is 10.2. The number of methoxy groups -OCH3 is 1. The van der Waals surface area contributed by atoms with E-state index < -0.39 is 6.10 Å². The number of likely N-dealkylation sites (tertiary alicyclic amines) is 1. The number of thiazole rings is 1. The Bertz CT molecular complexity index is 1440. The Morgan fingerprint density at radius 3 is 2.86 bits per heavy atom. The van der Waals surface area contributed by atoms with Gasteiger partial charge in [-0.1, -0.05) is 22.9 Å². The normalized spacial score (nSPS) is 15.6. The maximum Gasteiger partial charge on any atom is 0.251 e. The topological polar surface area (TPSA) is 122 Å². The lowest BCUT2D eigenvalue weighted by Crippen LogP contribution is -2.39. The van der Waals surface area contributed by atoms with Gasteiger partial charge in [0.25, 0.3) is 5.91 Å². The number of aromatic nitrogens is 3. The summed E-state index contributed by atoms with van der Waals surface area (Å²) in [4.78, 5) is 35.9. The molecule has 0 unspecified atom stereocenters. The molecule has 188 valence electrons. The minimum atomic E-state index is -0.497. The molecule has 2 aromatic heterocycles. The van der Waals surface area contributed by atoms with Gasteiger partial charge in [-0.25, -0.2) is 9.97 Å². The minimum Gasteiger partial charge on any atom is -0.391 e. The third kappa shape index (κ3) is 5.14. The van der Waals surface area contributed by atoms with E-state index in [1.54, 1.807) is 30.2 Å². The second-order valence-electron chi connectivity index (χ2n) is 8.50. The van der Waals surface area contributed by atoms with Gasteiger partial charge in [0.05, 0.1) is 40.5 Å². The van der Waals surface area contributed by atoms with Crippen LogP contribution in [0.1, 0.15) is 16.8 Å². The number of halogens is 1. The molecule has 2 aromatic carbocycles. The predicted octanol–water partition coefficient (Wildman–Crippen LogP) is 3.01. The molecule has 1 aliphatic heterocycles. The minimum absolute atomic E-state index is 0.125. The number of fused-ring (bicyclic) bond motifs is 2. The van der Waals surface area contributed by atoms with Crippen LogP contribution < -0.4 is 10.6 Å². The van der Waals surface area contributed by atoms with Gasteiger partial charge in [-0.2, -0.15) is 0 Å². The van der Waals surface area contributed by atoms with Gasteiger partial charge in [-0.05, 0) is 42.8 Å². The Morgan fingerprint density at radius 2 is 2.08 bits per heavy atom. The van der Waals surface area contributed by atoms with E-state index in [2.05, 4.69) is 15.6 Å². The zero-order valence-corrected chi connectivity index (χ0v) is 21.1. The monoisotopic (exact) mass is 528 g/mol. The van der Waals surface area contributed by atoms with Gasteiger partial charge in [0, 0.05) is 37.3 Å². The molecule has 5 rings (SSSR count).